The number of methoxy groups -OCH3 is 1. The summed E-state index contributed by atoms with van der Waals surface area (Å²) < 4.78 is 20.7. The van der Waals surface area contributed by atoms with Crippen LogP contribution < -0.4 is 15.2 Å². The molecule has 1 aromatic heterocycles. The zero-order valence-corrected chi connectivity index (χ0v) is 15.7. The van der Waals surface area contributed by atoms with Gasteiger partial charge >= 0.3 is 0 Å². The average Bonchev–Trinajstić information content (AvgIpc) is 2.13. The SMILES string of the molecule is COc1nc([Si](C)(C)C)c(F)c([Si](C)(C)C)c1Br. The van der Waals surface area contributed by atoms with Crippen molar-refractivity contribution in [3.8, 4) is 5.88 Å². The molecule has 1 aromatic rings. The number of hydrogen-bond acceptors (Lipinski definition) is 2. The third-order valence-corrected chi connectivity index (χ3v) is 7.53. The first-order valence-electron chi connectivity index (χ1n) is 5.94. The van der Waals surface area contributed by atoms with Crippen molar-refractivity contribution in [1.82, 2.24) is 4.98 Å². The van der Waals surface area contributed by atoms with Crippen LogP contribution in [0.2, 0.25) is 39.3 Å². The Bertz CT molecular complexity index is 467. The summed E-state index contributed by atoms with van der Waals surface area (Å²) in [5.74, 6) is 0.382. The standard InChI is InChI=1S/C12H21BrFNOSi2/c1-16-11-8(13)10(17(2,3)4)9(14)12(15-11)18(5,6)7/h1-7H3. The van der Waals surface area contributed by atoms with E-state index in [1.807, 2.05) is 0 Å². The summed E-state index contributed by atoms with van der Waals surface area (Å²) in [6.07, 6.45) is 0. The Kier molecular flexibility index (Phi) is 4.45. The Balaban J connectivity index is 3.71. The molecule has 6 heteroatoms. The molecule has 0 radical (unpaired) electrons. The number of nitrogens with zero attached hydrogens (tertiary/aromatic N) is 1. The van der Waals surface area contributed by atoms with Crippen molar-refractivity contribution >= 4 is 42.6 Å². The quantitative estimate of drug-likeness (QED) is 0.782. The van der Waals surface area contributed by atoms with E-state index < -0.39 is 16.1 Å². The van der Waals surface area contributed by atoms with E-state index in [1.54, 1.807) is 7.11 Å². The first kappa shape index (κ1) is 15.8. The summed E-state index contributed by atoms with van der Waals surface area (Å²) in [7, 11) is -2.05. The number of pyridine rings is 1. The van der Waals surface area contributed by atoms with Gasteiger partial charge in [-0.3, -0.25) is 0 Å². The summed E-state index contributed by atoms with van der Waals surface area (Å²) in [6, 6.07) is 0. The van der Waals surface area contributed by atoms with Crippen molar-refractivity contribution in [2.24, 2.45) is 0 Å². The second-order valence-electron chi connectivity index (χ2n) is 6.47. The lowest BCUT2D eigenvalue weighted by molar-refractivity contribution is 0.395. The van der Waals surface area contributed by atoms with Crippen LogP contribution in [-0.2, 0) is 0 Å². The molecule has 1 rings (SSSR count). The van der Waals surface area contributed by atoms with Gasteiger partial charge in [0.1, 0.15) is 13.9 Å². The lowest BCUT2D eigenvalue weighted by Gasteiger charge is -2.25. The van der Waals surface area contributed by atoms with E-state index in [-0.39, 0.29) is 5.82 Å². The van der Waals surface area contributed by atoms with Crippen LogP contribution in [0.3, 0.4) is 0 Å². The second kappa shape index (κ2) is 5.05. The van der Waals surface area contributed by atoms with Crippen molar-refractivity contribution in [3.05, 3.63) is 10.3 Å². The van der Waals surface area contributed by atoms with Gasteiger partial charge < -0.3 is 4.74 Å². The second-order valence-corrected chi connectivity index (χ2v) is 17.2. The lowest BCUT2D eigenvalue weighted by Crippen LogP contribution is -2.51. The van der Waals surface area contributed by atoms with Gasteiger partial charge in [0.25, 0.3) is 0 Å². The third-order valence-electron chi connectivity index (χ3n) is 2.70. The Labute approximate surface area is 119 Å². The van der Waals surface area contributed by atoms with Crippen LogP contribution in [0, 0.1) is 5.82 Å². The predicted molar refractivity (Wildman–Crippen MR) is 84.4 cm³/mol. The number of hydrogen-bond donors (Lipinski definition) is 0. The Hall–Kier alpha value is -0.206. The molecule has 0 saturated heterocycles. The highest BCUT2D eigenvalue weighted by Crippen LogP contribution is 2.24. The van der Waals surface area contributed by atoms with Crippen LogP contribution in [0.5, 0.6) is 5.88 Å². The molecule has 0 aliphatic carbocycles. The predicted octanol–water partition coefficient (Wildman–Crippen LogP) is 3.08. The van der Waals surface area contributed by atoms with Crippen LogP contribution in [-0.4, -0.2) is 28.2 Å². The van der Waals surface area contributed by atoms with Gasteiger partial charge in [-0.15, -0.1) is 0 Å². The summed E-state index contributed by atoms with van der Waals surface area (Å²) in [6.45, 7) is 12.7. The molecular formula is C12H21BrFNOSi2. The van der Waals surface area contributed by atoms with Crippen LogP contribution in [0.15, 0.2) is 4.47 Å². The van der Waals surface area contributed by atoms with E-state index in [0.717, 1.165) is 5.19 Å². The monoisotopic (exact) mass is 349 g/mol. The van der Waals surface area contributed by atoms with Crippen molar-refractivity contribution < 1.29 is 9.13 Å². The van der Waals surface area contributed by atoms with Crippen LogP contribution in [0.4, 0.5) is 4.39 Å². The van der Waals surface area contributed by atoms with Gasteiger partial charge in [0.2, 0.25) is 5.88 Å². The van der Waals surface area contributed by atoms with Gasteiger partial charge in [0.05, 0.1) is 25.0 Å². The van der Waals surface area contributed by atoms with Crippen molar-refractivity contribution in [1.29, 1.82) is 0 Å². The van der Waals surface area contributed by atoms with Gasteiger partial charge in [-0.1, -0.05) is 39.3 Å². The number of halogens is 2. The molecule has 102 valence electrons. The van der Waals surface area contributed by atoms with E-state index in [4.69, 9.17) is 4.74 Å². The Morgan fingerprint density at radius 3 is 1.89 bits per heavy atom. The molecule has 18 heavy (non-hydrogen) atoms. The highest BCUT2D eigenvalue weighted by molar-refractivity contribution is 9.10. The number of aromatic nitrogens is 1. The molecule has 0 atom stereocenters. The van der Waals surface area contributed by atoms with E-state index >= 15 is 0 Å². The summed E-state index contributed by atoms with van der Waals surface area (Å²) >= 11 is 3.45. The van der Waals surface area contributed by atoms with Gasteiger partial charge in [-0.2, -0.15) is 0 Å². The minimum absolute atomic E-state index is 0.124. The molecular weight excluding hydrogens is 329 g/mol. The highest BCUT2D eigenvalue weighted by atomic mass is 79.9. The molecule has 0 spiro atoms. The first-order chi connectivity index (χ1) is 8.00. The fraction of sp³-hybridized carbons (Fsp3) is 0.583. The average molecular weight is 350 g/mol. The molecule has 0 saturated carbocycles. The van der Waals surface area contributed by atoms with Crippen molar-refractivity contribution in [2.45, 2.75) is 39.3 Å². The minimum Gasteiger partial charge on any atom is -0.480 e. The van der Waals surface area contributed by atoms with Gasteiger partial charge in [0, 0.05) is 0 Å². The number of rotatable bonds is 3. The molecule has 2 nitrogen and oxygen atoms in total. The third kappa shape index (κ3) is 3.03. The molecule has 0 N–H and O–H groups in total. The van der Waals surface area contributed by atoms with Crippen LogP contribution >= 0.6 is 15.9 Å². The van der Waals surface area contributed by atoms with Gasteiger partial charge in [0.15, 0.2) is 0 Å². The molecule has 0 fully saturated rings. The van der Waals surface area contributed by atoms with Crippen molar-refractivity contribution in [3.63, 3.8) is 0 Å². The molecule has 0 bridgehead atoms. The smallest absolute Gasteiger partial charge is 0.227 e. The fourth-order valence-electron chi connectivity index (χ4n) is 1.81. The normalized spacial score (nSPS) is 12.7. The van der Waals surface area contributed by atoms with Crippen LogP contribution in [0.25, 0.3) is 0 Å². The van der Waals surface area contributed by atoms with Gasteiger partial charge in [-0.05, 0) is 21.1 Å². The van der Waals surface area contributed by atoms with Gasteiger partial charge in [-0.25, -0.2) is 9.37 Å². The van der Waals surface area contributed by atoms with E-state index in [2.05, 4.69) is 60.2 Å². The zero-order chi connectivity index (χ0) is 14.3. The van der Waals surface area contributed by atoms with Crippen LogP contribution in [0.1, 0.15) is 0 Å². The molecule has 0 unspecified atom stereocenters. The first-order valence-corrected chi connectivity index (χ1v) is 13.7. The topological polar surface area (TPSA) is 22.1 Å². The maximum absolute atomic E-state index is 14.8. The molecule has 1 heterocycles. The minimum atomic E-state index is -1.82. The zero-order valence-electron chi connectivity index (χ0n) is 12.1. The Morgan fingerprint density at radius 2 is 1.56 bits per heavy atom. The van der Waals surface area contributed by atoms with E-state index in [1.165, 1.54) is 0 Å². The molecule has 0 aliphatic rings. The molecule has 0 amide bonds. The lowest BCUT2D eigenvalue weighted by atomic mass is 10.4. The largest absolute Gasteiger partial charge is 0.480 e. The molecule has 0 aliphatic heterocycles. The van der Waals surface area contributed by atoms with E-state index in [0.29, 0.717) is 15.7 Å². The summed E-state index contributed by atoms with van der Waals surface area (Å²) in [5.41, 5.74) is 0. The maximum Gasteiger partial charge on any atom is 0.227 e. The number of ether oxygens (including phenoxy) is 1. The highest BCUT2D eigenvalue weighted by Gasteiger charge is 2.33. The van der Waals surface area contributed by atoms with E-state index in [9.17, 15) is 4.39 Å². The summed E-state index contributed by atoms with van der Waals surface area (Å²) in [5, 5.41) is 1.40. The fourth-order valence-corrected chi connectivity index (χ4v) is 6.91. The van der Waals surface area contributed by atoms with Crippen molar-refractivity contribution in [2.75, 3.05) is 7.11 Å². The molecule has 0 aromatic carbocycles. The maximum atomic E-state index is 14.8. The summed E-state index contributed by atoms with van der Waals surface area (Å²) in [4.78, 5) is 4.38. The Morgan fingerprint density at radius 1 is 1.06 bits per heavy atom.